The molecule has 0 aliphatic carbocycles. The molecule has 1 rings (SSSR count). The van der Waals surface area contributed by atoms with E-state index >= 15 is 0 Å². The molecule has 5 nitrogen and oxygen atoms in total. The molecule has 1 aromatic rings. The van der Waals surface area contributed by atoms with Crippen LogP contribution >= 0.6 is 11.3 Å². The number of thiazole rings is 1. The van der Waals surface area contributed by atoms with Crippen molar-refractivity contribution < 1.29 is 14.7 Å². The van der Waals surface area contributed by atoms with E-state index in [1.165, 1.54) is 24.6 Å². The van der Waals surface area contributed by atoms with Gasteiger partial charge in [-0.15, -0.1) is 11.3 Å². The number of aliphatic carboxylic acids is 1. The zero-order valence-corrected chi connectivity index (χ0v) is 7.69. The number of aromatic nitrogens is 1. The van der Waals surface area contributed by atoms with Crippen LogP contribution in [0, 0.1) is 0 Å². The van der Waals surface area contributed by atoms with E-state index in [0.717, 1.165) is 4.90 Å². The summed E-state index contributed by atoms with van der Waals surface area (Å²) in [5.74, 6) is -1.08. The summed E-state index contributed by atoms with van der Waals surface area (Å²) in [5.41, 5.74) is 0. The number of likely N-dealkylation sites (N-methyl/N-ethyl adjacent to an activating group) is 1. The van der Waals surface area contributed by atoms with Crippen LogP contribution in [0.4, 0.5) is 0 Å². The number of nitrogens with zero attached hydrogens (tertiary/aromatic N) is 2. The molecule has 1 heterocycles. The highest BCUT2D eigenvalue weighted by atomic mass is 32.1. The van der Waals surface area contributed by atoms with Gasteiger partial charge in [0.05, 0.1) is 0 Å². The fourth-order valence-corrected chi connectivity index (χ4v) is 1.66. The number of carboxylic acid groups (broad SMARTS) is 1. The van der Waals surface area contributed by atoms with Crippen LogP contribution in [0.3, 0.4) is 0 Å². The zero-order valence-electron chi connectivity index (χ0n) is 6.88. The second-order valence-corrected chi connectivity index (χ2v) is 3.31. The fourth-order valence-electron chi connectivity index (χ4n) is 0.884. The molecule has 70 valence electrons. The lowest BCUT2D eigenvalue weighted by Crippen LogP contribution is -2.29. The predicted molar refractivity (Wildman–Crippen MR) is 46.3 cm³/mol. The topological polar surface area (TPSA) is 70.5 Å². The van der Waals surface area contributed by atoms with Gasteiger partial charge < -0.3 is 10.0 Å². The monoisotopic (exact) mass is 200 g/mol. The first-order chi connectivity index (χ1) is 6.16. The molecular formula is C7H8N2O3S. The molecule has 0 spiro atoms. The summed E-state index contributed by atoms with van der Waals surface area (Å²) in [6.45, 7) is 0. The largest absolute Gasteiger partial charge is 0.479 e. The van der Waals surface area contributed by atoms with Gasteiger partial charge >= 0.3 is 5.97 Å². The van der Waals surface area contributed by atoms with E-state index in [0.29, 0.717) is 11.4 Å². The standard InChI is InChI=1S/C7H8N2O3S/c1-9(4-10)5(7(11)12)6-8-2-3-13-6/h2-5H,1H3,(H,11,12). The lowest BCUT2D eigenvalue weighted by Gasteiger charge is -2.17. The molecule has 1 unspecified atom stereocenters. The van der Waals surface area contributed by atoms with Crippen LogP contribution in [0.2, 0.25) is 0 Å². The normalized spacial score (nSPS) is 12.1. The zero-order chi connectivity index (χ0) is 9.84. The third-order valence-electron chi connectivity index (χ3n) is 1.49. The van der Waals surface area contributed by atoms with Crippen molar-refractivity contribution in [1.82, 2.24) is 9.88 Å². The van der Waals surface area contributed by atoms with Gasteiger partial charge in [0, 0.05) is 18.6 Å². The average molecular weight is 200 g/mol. The van der Waals surface area contributed by atoms with E-state index in [1.54, 1.807) is 5.38 Å². The van der Waals surface area contributed by atoms with Crippen LogP contribution in [0.25, 0.3) is 0 Å². The third kappa shape index (κ3) is 2.03. The van der Waals surface area contributed by atoms with E-state index < -0.39 is 12.0 Å². The van der Waals surface area contributed by atoms with Crippen molar-refractivity contribution in [3.8, 4) is 0 Å². The van der Waals surface area contributed by atoms with Crippen molar-refractivity contribution in [2.45, 2.75) is 6.04 Å². The highest BCUT2D eigenvalue weighted by molar-refractivity contribution is 7.09. The molecule has 0 saturated heterocycles. The highest BCUT2D eigenvalue weighted by Crippen LogP contribution is 2.20. The smallest absolute Gasteiger partial charge is 0.333 e. The van der Waals surface area contributed by atoms with Gasteiger partial charge in [-0.2, -0.15) is 0 Å². The molecule has 0 aliphatic heterocycles. The van der Waals surface area contributed by atoms with Gasteiger partial charge in [-0.05, 0) is 0 Å². The number of hydrogen-bond donors (Lipinski definition) is 1. The summed E-state index contributed by atoms with van der Waals surface area (Å²) in [7, 11) is 1.41. The molecule has 1 aromatic heterocycles. The Morgan fingerprint density at radius 3 is 2.92 bits per heavy atom. The lowest BCUT2D eigenvalue weighted by atomic mass is 10.3. The third-order valence-corrected chi connectivity index (χ3v) is 2.32. The summed E-state index contributed by atoms with van der Waals surface area (Å²) in [5, 5.41) is 10.9. The minimum absolute atomic E-state index is 0.405. The summed E-state index contributed by atoms with van der Waals surface area (Å²) in [6.07, 6.45) is 1.98. The number of amides is 1. The molecule has 13 heavy (non-hydrogen) atoms. The summed E-state index contributed by atoms with van der Waals surface area (Å²) >= 11 is 1.21. The maximum atomic E-state index is 10.8. The highest BCUT2D eigenvalue weighted by Gasteiger charge is 2.25. The fraction of sp³-hybridized carbons (Fsp3) is 0.286. The predicted octanol–water partition coefficient (Wildman–Crippen LogP) is 0.357. The number of carbonyl (C=O) groups is 2. The summed E-state index contributed by atoms with van der Waals surface area (Å²) < 4.78 is 0. The Hall–Kier alpha value is -1.43. The first kappa shape index (κ1) is 9.66. The van der Waals surface area contributed by atoms with Crippen LogP contribution in [0.5, 0.6) is 0 Å². The average Bonchev–Trinajstić information content (AvgIpc) is 2.56. The van der Waals surface area contributed by atoms with Crippen molar-refractivity contribution in [1.29, 1.82) is 0 Å². The molecule has 6 heteroatoms. The Balaban J connectivity index is 2.93. The minimum Gasteiger partial charge on any atom is -0.479 e. The van der Waals surface area contributed by atoms with Gasteiger partial charge in [0.2, 0.25) is 6.41 Å². The molecule has 1 amide bonds. The van der Waals surface area contributed by atoms with Gasteiger partial charge in [-0.25, -0.2) is 9.78 Å². The maximum absolute atomic E-state index is 10.8. The van der Waals surface area contributed by atoms with E-state index in [4.69, 9.17) is 5.11 Å². The van der Waals surface area contributed by atoms with Crippen molar-refractivity contribution in [2.75, 3.05) is 7.05 Å². The number of carbonyl (C=O) groups excluding carboxylic acids is 1. The van der Waals surface area contributed by atoms with Crippen molar-refractivity contribution in [3.63, 3.8) is 0 Å². The summed E-state index contributed by atoms with van der Waals surface area (Å²) in [6, 6.07) is -0.975. The number of carboxylic acids is 1. The molecular weight excluding hydrogens is 192 g/mol. The maximum Gasteiger partial charge on any atom is 0.333 e. The van der Waals surface area contributed by atoms with Crippen molar-refractivity contribution in [2.24, 2.45) is 0 Å². The first-order valence-corrected chi connectivity index (χ1v) is 4.34. The van der Waals surface area contributed by atoms with Crippen molar-refractivity contribution in [3.05, 3.63) is 16.6 Å². The van der Waals surface area contributed by atoms with Gasteiger partial charge in [0.15, 0.2) is 6.04 Å². The molecule has 0 fully saturated rings. The molecule has 0 saturated carbocycles. The minimum atomic E-state index is -1.08. The van der Waals surface area contributed by atoms with Gasteiger partial charge in [-0.3, -0.25) is 4.79 Å². The molecule has 0 radical (unpaired) electrons. The second-order valence-electron chi connectivity index (χ2n) is 2.38. The molecule has 1 N–H and O–H groups in total. The molecule has 0 aromatic carbocycles. The van der Waals surface area contributed by atoms with Crippen LogP contribution in [-0.2, 0) is 9.59 Å². The van der Waals surface area contributed by atoms with Crippen LogP contribution in [-0.4, -0.2) is 34.4 Å². The molecule has 0 aliphatic rings. The lowest BCUT2D eigenvalue weighted by molar-refractivity contribution is -0.145. The molecule has 1 atom stereocenters. The number of rotatable bonds is 4. The Labute approximate surface area is 78.6 Å². The van der Waals surface area contributed by atoms with Crippen LogP contribution < -0.4 is 0 Å². The molecule has 0 bridgehead atoms. The Kier molecular flexibility index (Phi) is 2.97. The van der Waals surface area contributed by atoms with E-state index in [2.05, 4.69) is 4.98 Å². The Morgan fingerprint density at radius 2 is 2.54 bits per heavy atom. The van der Waals surface area contributed by atoms with Gasteiger partial charge in [0.1, 0.15) is 5.01 Å². The van der Waals surface area contributed by atoms with Crippen molar-refractivity contribution >= 4 is 23.7 Å². The SMILES string of the molecule is CN(C=O)C(C(=O)O)c1nccs1. The first-order valence-electron chi connectivity index (χ1n) is 3.46. The second kappa shape index (κ2) is 3.99. The van der Waals surface area contributed by atoms with Crippen LogP contribution in [0.15, 0.2) is 11.6 Å². The quantitative estimate of drug-likeness (QED) is 0.712. The summed E-state index contributed by atoms with van der Waals surface area (Å²) in [4.78, 5) is 26.1. The Bertz CT molecular complexity index is 299. The van der Waals surface area contributed by atoms with Crippen LogP contribution in [0.1, 0.15) is 11.0 Å². The van der Waals surface area contributed by atoms with Gasteiger partial charge in [0.25, 0.3) is 0 Å². The van der Waals surface area contributed by atoms with E-state index in [1.807, 2.05) is 0 Å². The van der Waals surface area contributed by atoms with Gasteiger partial charge in [-0.1, -0.05) is 0 Å². The Morgan fingerprint density at radius 1 is 1.85 bits per heavy atom. The van der Waals surface area contributed by atoms with E-state index in [-0.39, 0.29) is 0 Å². The number of hydrogen-bond acceptors (Lipinski definition) is 4. The van der Waals surface area contributed by atoms with E-state index in [9.17, 15) is 9.59 Å².